The Hall–Kier alpha value is -2.92. The predicted octanol–water partition coefficient (Wildman–Crippen LogP) is 5.18. The van der Waals surface area contributed by atoms with E-state index in [9.17, 15) is 9.59 Å². The minimum absolute atomic E-state index is 0.145. The van der Waals surface area contributed by atoms with Crippen LogP contribution in [0.2, 0.25) is 0 Å². The van der Waals surface area contributed by atoms with Crippen molar-refractivity contribution in [2.45, 2.75) is 32.1 Å². The normalized spacial score (nSPS) is 12.6. The van der Waals surface area contributed by atoms with Gasteiger partial charge in [-0.2, -0.15) is 0 Å². The topological polar surface area (TPSA) is 55.4 Å². The molecule has 1 aromatic heterocycles. The second kappa shape index (κ2) is 8.62. The summed E-state index contributed by atoms with van der Waals surface area (Å²) in [5.41, 5.74) is 3.41. The molecule has 4 rings (SSSR count). The van der Waals surface area contributed by atoms with Gasteiger partial charge >= 0.3 is 5.97 Å². The molecule has 29 heavy (non-hydrogen) atoms. The second-order valence-electron chi connectivity index (χ2n) is 7.03. The third-order valence-electron chi connectivity index (χ3n) is 5.17. The lowest BCUT2D eigenvalue weighted by molar-refractivity contribution is -0.116. The Balaban J connectivity index is 1.70. The van der Waals surface area contributed by atoms with Crippen LogP contribution in [0.4, 0.5) is 5.00 Å². The van der Waals surface area contributed by atoms with Crippen molar-refractivity contribution >= 4 is 28.2 Å². The summed E-state index contributed by atoms with van der Waals surface area (Å²) in [5.74, 6) is -0.949. The van der Waals surface area contributed by atoms with E-state index >= 15 is 0 Å². The van der Waals surface area contributed by atoms with E-state index in [1.54, 1.807) is 6.92 Å². The number of benzene rings is 2. The van der Waals surface area contributed by atoms with E-state index < -0.39 is 5.92 Å². The van der Waals surface area contributed by atoms with Crippen molar-refractivity contribution in [3.63, 3.8) is 0 Å². The molecule has 148 valence electrons. The third-order valence-corrected chi connectivity index (χ3v) is 6.37. The lowest BCUT2D eigenvalue weighted by Crippen LogP contribution is -2.23. The maximum atomic E-state index is 13.4. The minimum Gasteiger partial charge on any atom is -0.462 e. The largest absolute Gasteiger partial charge is 0.462 e. The van der Waals surface area contributed by atoms with Crippen LogP contribution < -0.4 is 5.32 Å². The number of carbonyl (C=O) groups is 2. The highest BCUT2D eigenvalue weighted by molar-refractivity contribution is 7.17. The summed E-state index contributed by atoms with van der Waals surface area (Å²) in [7, 11) is 0. The van der Waals surface area contributed by atoms with Crippen molar-refractivity contribution in [3.8, 4) is 0 Å². The Morgan fingerprint density at radius 2 is 1.62 bits per heavy atom. The summed E-state index contributed by atoms with van der Waals surface area (Å²) in [5, 5.41) is 3.66. The van der Waals surface area contributed by atoms with Crippen molar-refractivity contribution in [3.05, 3.63) is 87.8 Å². The molecule has 1 aliphatic rings. The molecule has 1 amide bonds. The van der Waals surface area contributed by atoms with Gasteiger partial charge in [0.2, 0.25) is 5.91 Å². The number of amides is 1. The Labute approximate surface area is 174 Å². The molecular formula is C24H23NO3S. The van der Waals surface area contributed by atoms with Crippen LogP contribution in [0.5, 0.6) is 0 Å². The number of esters is 1. The van der Waals surface area contributed by atoms with Gasteiger partial charge in [0.25, 0.3) is 0 Å². The van der Waals surface area contributed by atoms with Crippen molar-refractivity contribution in [2.24, 2.45) is 0 Å². The van der Waals surface area contributed by atoms with E-state index in [0.29, 0.717) is 17.2 Å². The average molecular weight is 406 g/mol. The number of aryl methyl sites for hydroxylation is 1. The fourth-order valence-corrected chi connectivity index (χ4v) is 5.16. The number of ether oxygens (including phenoxy) is 1. The highest BCUT2D eigenvalue weighted by Crippen LogP contribution is 2.40. The zero-order chi connectivity index (χ0) is 20.2. The number of hydrogen-bond acceptors (Lipinski definition) is 4. The van der Waals surface area contributed by atoms with E-state index in [-0.39, 0.29) is 11.9 Å². The molecule has 5 heteroatoms. The first-order valence-electron chi connectivity index (χ1n) is 9.91. The molecule has 0 atom stereocenters. The number of thiophene rings is 1. The Bertz CT molecular complexity index is 972. The van der Waals surface area contributed by atoms with Gasteiger partial charge in [0.05, 0.1) is 18.1 Å². The first-order valence-corrected chi connectivity index (χ1v) is 10.7. The van der Waals surface area contributed by atoms with Crippen LogP contribution in [0.3, 0.4) is 0 Å². The SMILES string of the molecule is CCOC(=O)c1c(NC(=O)C(c2ccccc2)c2ccccc2)sc2c1CCC2. The minimum atomic E-state index is -0.454. The molecule has 1 heterocycles. The van der Waals surface area contributed by atoms with Gasteiger partial charge in [-0.05, 0) is 42.9 Å². The number of hydrogen-bond donors (Lipinski definition) is 1. The zero-order valence-corrected chi connectivity index (χ0v) is 17.1. The van der Waals surface area contributed by atoms with Crippen LogP contribution in [-0.2, 0) is 22.4 Å². The van der Waals surface area contributed by atoms with E-state index in [0.717, 1.165) is 36.0 Å². The standard InChI is InChI=1S/C24H23NO3S/c1-2-28-24(27)21-18-14-9-15-19(18)29-23(21)25-22(26)20(16-10-5-3-6-11-16)17-12-7-4-8-13-17/h3-8,10-13,20H,2,9,14-15H2,1H3,(H,25,26). The van der Waals surface area contributed by atoms with E-state index in [2.05, 4.69) is 5.32 Å². The number of rotatable bonds is 6. The average Bonchev–Trinajstić information content (AvgIpc) is 3.30. The lowest BCUT2D eigenvalue weighted by atomic mass is 9.90. The monoisotopic (exact) mass is 405 g/mol. The first-order chi connectivity index (χ1) is 14.2. The Kier molecular flexibility index (Phi) is 5.76. The molecular weight excluding hydrogens is 382 g/mol. The Morgan fingerprint density at radius 3 is 2.21 bits per heavy atom. The van der Waals surface area contributed by atoms with Crippen LogP contribution >= 0.6 is 11.3 Å². The van der Waals surface area contributed by atoms with Gasteiger partial charge in [-0.3, -0.25) is 4.79 Å². The fraction of sp³-hybridized carbons (Fsp3) is 0.250. The number of nitrogens with one attached hydrogen (secondary N) is 1. The van der Waals surface area contributed by atoms with Gasteiger partial charge in [-0.1, -0.05) is 60.7 Å². The molecule has 0 radical (unpaired) electrons. The van der Waals surface area contributed by atoms with Gasteiger partial charge in [0.15, 0.2) is 0 Å². The Morgan fingerprint density at radius 1 is 1.00 bits per heavy atom. The van der Waals surface area contributed by atoms with Crippen LogP contribution in [0.25, 0.3) is 0 Å². The number of fused-ring (bicyclic) bond motifs is 1. The molecule has 0 bridgehead atoms. The summed E-state index contributed by atoms with van der Waals surface area (Å²) >= 11 is 1.51. The summed E-state index contributed by atoms with van der Waals surface area (Å²) in [4.78, 5) is 27.2. The smallest absolute Gasteiger partial charge is 0.341 e. The molecule has 0 spiro atoms. The summed E-state index contributed by atoms with van der Waals surface area (Å²) in [6.07, 6.45) is 2.85. The van der Waals surface area contributed by atoms with Gasteiger partial charge in [0, 0.05) is 4.88 Å². The molecule has 0 aliphatic heterocycles. The molecule has 4 nitrogen and oxygen atoms in total. The van der Waals surface area contributed by atoms with Gasteiger partial charge in [-0.15, -0.1) is 11.3 Å². The van der Waals surface area contributed by atoms with E-state index in [1.807, 2.05) is 60.7 Å². The van der Waals surface area contributed by atoms with Crippen molar-refractivity contribution in [1.82, 2.24) is 0 Å². The van der Waals surface area contributed by atoms with Crippen LogP contribution in [0.1, 0.15) is 51.2 Å². The molecule has 0 unspecified atom stereocenters. The number of anilines is 1. The molecule has 0 saturated heterocycles. The summed E-state index contributed by atoms with van der Waals surface area (Å²) in [6, 6.07) is 19.4. The highest BCUT2D eigenvalue weighted by atomic mass is 32.1. The van der Waals surface area contributed by atoms with E-state index in [1.165, 1.54) is 16.2 Å². The quantitative estimate of drug-likeness (QED) is 0.575. The van der Waals surface area contributed by atoms with Gasteiger partial charge in [-0.25, -0.2) is 4.79 Å². The van der Waals surface area contributed by atoms with Gasteiger partial charge < -0.3 is 10.1 Å². The molecule has 1 N–H and O–H groups in total. The van der Waals surface area contributed by atoms with Crippen molar-refractivity contribution in [1.29, 1.82) is 0 Å². The van der Waals surface area contributed by atoms with Crippen molar-refractivity contribution < 1.29 is 14.3 Å². The number of carbonyl (C=O) groups excluding carboxylic acids is 2. The maximum Gasteiger partial charge on any atom is 0.341 e. The predicted molar refractivity (Wildman–Crippen MR) is 116 cm³/mol. The zero-order valence-electron chi connectivity index (χ0n) is 16.3. The second-order valence-corrected chi connectivity index (χ2v) is 8.13. The molecule has 3 aromatic rings. The molecule has 0 saturated carbocycles. The van der Waals surface area contributed by atoms with Crippen LogP contribution in [0.15, 0.2) is 60.7 Å². The summed E-state index contributed by atoms with van der Waals surface area (Å²) in [6.45, 7) is 2.11. The van der Waals surface area contributed by atoms with Crippen LogP contribution in [0, 0.1) is 0 Å². The third kappa shape index (κ3) is 3.96. The van der Waals surface area contributed by atoms with Gasteiger partial charge in [0.1, 0.15) is 5.00 Å². The highest BCUT2D eigenvalue weighted by Gasteiger charge is 2.30. The molecule has 1 aliphatic carbocycles. The van der Waals surface area contributed by atoms with Crippen molar-refractivity contribution in [2.75, 3.05) is 11.9 Å². The van der Waals surface area contributed by atoms with Crippen LogP contribution in [-0.4, -0.2) is 18.5 Å². The maximum absolute atomic E-state index is 13.4. The summed E-state index contributed by atoms with van der Waals surface area (Å²) < 4.78 is 5.28. The lowest BCUT2D eigenvalue weighted by Gasteiger charge is -2.18. The first kappa shape index (κ1) is 19.4. The fourth-order valence-electron chi connectivity index (χ4n) is 3.88. The molecule has 2 aromatic carbocycles. The van der Waals surface area contributed by atoms with E-state index in [4.69, 9.17) is 4.74 Å². The molecule has 0 fully saturated rings.